The van der Waals surface area contributed by atoms with Gasteiger partial charge in [0, 0.05) is 13.1 Å². The van der Waals surface area contributed by atoms with Crippen molar-refractivity contribution in [3.63, 3.8) is 0 Å². The van der Waals surface area contributed by atoms with E-state index in [0.717, 1.165) is 48.3 Å². The highest BCUT2D eigenvalue weighted by Gasteiger charge is 2.12. The lowest BCUT2D eigenvalue weighted by molar-refractivity contribution is 0.174. The quantitative estimate of drug-likeness (QED) is 0.360. The third-order valence-corrected chi connectivity index (χ3v) is 4.07. The van der Waals surface area contributed by atoms with E-state index in [0.29, 0.717) is 13.3 Å². The van der Waals surface area contributed by atoms with Crippen molar-refractivity contribution >= 4 is 29.9 Å². The molecule has 0 aliphatic carbocycles. The van der Waals surface area contributed by atoms with Gasteiger partial charge in [-0.15, -0.1) is 24.0 Å². The van der Waals surface area contributed by atoms with Gasteiger partial charge in [-0.25, -0.2) is 4.99 Å². The minimum Gasteiger partial charge on any atom is -0.497 e. The van der Waals surface area contributed by atoms with Crippen molar-refractivity contribution in [2.24, 2.45) is 4.99 Å². The zero-order valence-electron chi connectivity index (χ0n) is 15.7. The molecule has 2 aromatic carbocycles. The largest absolute Gasteiger partial charge is 0.497 e. The molecule has 0 spiro atoms. The van der Waals surface area contributed by atoms with Gasteiger partial charge in [0.2, 0.25) is 6.79 Å². The highest BCUT2D eigenvalue weighted by Crippen LogP contribution is 2.32. The van der Waals surface area contributed by atoms with Crippen molar-refractivity contribution in [2.45, 2.75) is 19.9 Å². The lowest BCUT2D eigenvalue weighted by Crippen LogP contribution is -2.38. The molecule has 6 nitrogen and oxygen atoms in total. The van der Waals surface area contributed by atoms with E-state index >= 15 is 0 Å². The van der Waals surface area contributed by atoms with Crippen LogP contribution >= 0.6 is 24.0 Å². The second kappa shape index (κ2) is 10.9. The molecule has 7 heteroatoms. The zero-order valence-corrected chi connectivity index (χ0v) is 18.0. The molecule has 27 heavy (non-hydrogen) atoms. The van der Waals surface area contributed by atoms with Crippen LogP contribution in [0.25, 0.3) is 0 Å². The Hall–Kier alpha value is -2.16. The van der Waals surface area contributed by atoms with Crippen molar-refractivity contribution < 1.29 is 14.2 Å². The molecule has 0 amide bonds. The van der Waals surface area contributed by atoms with E-state index in [1.165, 1.54) is 5.56 Å². The van der Waals surface area contributed by atoms with Gasteiger partial charge in [-0.3, -0.25) is 0 Å². The van der Waals surface area contributed by atoms with Gasteiger partial charge in [-0.2, -0.15) is 0 Å². The van der Waals surface area contributed by atoms with Crippen LogP contribution in [0.5, 0.6) is 17.2 Å². The van der Waals surface area contributed by atoms with Crippen LogP contribution in [0.4, 0.5) is 0 Å². The summed E-state index contributed by atoms with van der Waals surface area (Å²) in [6, 6.07) is 14.0. The summed E-state index contributed by atoms with van der Waals surface area (Å²) in [5.74, 6) is 3.30. The minimum atomic E-state index is 0. The molecule has 0 fully saturated rings. The molecule has 2 aromatic rings. The second-order valence-electron chi connectivity index (χ2n) is 5.91. The standard InChI is InChI=1S/C20H25N3O3.HI/c1-3-21-20(23-13-16-4-7-17(24-2)8-5-16)22-11-10-15-6-9-18-19(12-15)26-14-25-18;/h4-9,12H,3,10-11,13-14H2,1-2H3,(H2,21,22,23);1H. The molecule has 0 saturated carbocycles. The summed E-state index contributed by atoms with van der Waals surface area (Å²) >= 11 is 0. The fourth-order valence-corrected chi connectivity index (χ4v) is 2.66. The van der Waals surface area contributed by atoms with E-state index in [1.54, 1.807) is 7.11 Å². The summed E-state index contributed by atoms with van der Waals surface area (Å²) in [4.78, 5) is 4.64. The van der Waals surface area contributed by atoms with Gasteiger partial charge >= 0.3 is 0 Å². The van der Waals surface area contributed by atoms with Crippen LogP contribution in [0, 0.1) is 0 Å². The van der Waals surface area contributed by atoms with E-state index in [4.69, 9.17) is 14.2 Å². The molecule has 0 bridgehead atoms. The van der Waals surface area contributed by atoms with Crippen LogP contribution in [0.1, 0.15) is 18.1 Å². The van der Waals surface area contributed by atoms with Gasteiger partial charge in [0.15, 0.2) is 17.5 Å². The van der Waals surface area contributed by atoms with E-state index in [-0.39, 0.29) is 24.0 Å². The molecule has 0 aromatic heterocycles. The van der Waals surface area contributed by atoms with Crippen molar-refractivity contribution in [3.8, 4) is 17.2 Å². The van der Waals surface area contributed by atoms with E-state index in [1.807, 2.05) is 36.4 Å². The van der Waals surface area contributed by atoms with Gasteiger partial charge in [0.1, 0.15) is 5.75 Å². The number of aliphatic imine (C=N–C) groups is 1. The molecule has 0 radical (unpaired) electrons. The van der Waals surface area contributed by atoms with Crippen LogP contribution in [-0.2, 0) is 13.0 Å². The Bertz CT molecular complexity index is 751. The Kier molecular flexibility index (Phi) is 8.50. The number of hydrogen-bond acceptors (Lipinski definition) is 4. The highest BCUT2D eigenvalue weighted by atomic mass is 127. The molecular weight excluding hydrogens is 457 g/mol. The summed E-state index contributed by atoms with van der Waals surface area (Å²) in [6.07, 6.45) is 0.879. The lowest BCUT2D eigenvalue weighted by atomic mass is 10.1. The Morgan fingerprint density at radius 3 is 2.52 bits per heavy atom. The van der Waals surface area contributed by atoms with Crippen molar-refractivity contribution in [3.05, 3.63) is 53.6 Å². The first kappa shape index (κ1) is 21.1. The summed E-state index contributed by atoms with van der Waals surface area (Å²) < 4.78 is 15.9. The van der Waals surface area contributed by atoms with Gasteiger partial charge in [-0.1, -0.05) is 18.2 Å². The minimum absolute atomic E-state index is 0. The Morgan fingerprint density at radius 2 is 1.78 bits per heavy atom. The number of benzene rings is 2. The number of methoxy groups -OCH3 is 1. The number of nitrogens with one attached hydrogen (secondary N) is 2. The number of fused-ring (bicyclic) bond motifs is 1. The van der Waals surface area contributed by atoms with E-state index in [9.17, 15) is 0 Å². The van der Waals surface area contributed by atoms with Gasteiger partial charge < -0.3 is 24.8 Å². The average molecular weight is 483 g/mol. The SMILES string of the molecule is CCNC(=NCc1ccc(OC)cc1)NCCc1ccc2c(c1)OCO2.I. The molecule has 0 saturated heterocycles. The summed E-state index contributed by atoms with van der Waals surface area (Å²) in [6.45, 7) is 4.58. The molecule has 0 unspecified atom stereocenters. The molecule has 3 rings (SSSR count). The second-order valence-corrected chi connectivity index (χ2v) is 5.91. The summed E-state index contributed by atoms with van der Waals surface area (Å²) in [7, 11) is 1.67. The normalized spacial score (nSPS) is 12.3. The van der Waals surface area contributed by atoms with Gasteiger partial charge in [0.25, 0.3) is 0 Å². The first-order chi connectivity index (χ1) is 12.8. The van der Waals surface area contributed by atoms with Crippen LogP contribution in [0.2, 0.25) is 0 Å². The first-order valence-electron chi connectivity index (χ1n) is 8.82. The number of hydrogen-bond donors (Lipinski definition) is 2. The average Bonchev–Trinajstić information content (AvgIpc) is 3.14. The summed E-state index contributed by atoms with van der Waals surface area (Å²) in [5, 5.41) is 6.64. The van der Waals surface area contributed by atoms with Crippen LogP contribution in [0.3, 0.4) is 0 Å². The molecular formula is C20H26IN3O3. The van der Waals surface area contributed by atoms with Gasteiger partial charge in [0.05, 0.1) is 13.7 Å². The number of ether oxygens (including phenoxy) is 3. The topological polar surface area (TPSA) is 64.1 Å². The number of guanidine groups is 1. The Balaban J connectivity index is 0.00000261. The molecule has 1 aliphatic heterocycles. The smallest absolute Gasteiger partial charge is 0.231 e. The lowest BCUT2D eigenvalue weighted by Gasteiger charge is -2.11. The fraction of sp³-hybridized carbons (Fsp3) is 0.350. The molecule has 1 heterocycles. The van der Waals surface area contributed by atoms with Crippen LogP contribution in [0.15, 0.2) is 47.5 Å². The third kappa shape index (κ3) is 6.20. The predicted octanol–water partition coefficient (Wildman–Crippen LogP) is 3.34. The van der Waals surface area contributed by atoms with Crippen LogP contribution < -0.4 is 24.8 Å². The fourth-order valence-electron chi connectivity index (χ4n) is 2.66. The number of rotatable bonds is 7. The maximum atomic E-state index is 5.42. The Labute approximate surface area is 177 Å². The van der Waals surface area contributed by atoms with E-state index in [2.05, 4.69) is 28.6 Å². The van der Waals surface area contributed by atoms with Crippen LogP contribution in [-0.4, -0.2) is 33.0 Å². The molecule has 146 valence electrons. The van der Waals surface area contributed by atoms with Crippen molar-refractivity contribution in [1.29, 1.82) is 0 Å². The molecule has 1 aliphatic rings. The Morgan fingerprint density at radius 1 is 1.04 bits per heavy atom. The maximum absolute atomic E-state index is 5.42. The number of nitrogens with zero attached hydrogens (tertiary/aromatic N) is 1. The molecule has 0 atom stereocenters. The van der Waals surface area contributed by atoms with Crippen molar-refractivity contribution in [2.75, 3.05) is 27.0 Å². The van der Waals surface area contributed by atoms with Crippen molar-refractivity contribution in [1.82, 2.24) is 10.6 Å². The monoisotopic (exact) mass is 483 g/mol. The maximum Gasteiger partial charge on any atom is 0.231 e. The zero-order chi connectivity index (χ0) is 18.2. The third-order valence-electron chi connectivity index (χ3n) is 4.07. The number of halogens is 1. The van der Waals surface area contributed by atoms with Gasteiger partial charge in [-0.05, 0) is 48.7 Å². The summed E-state index contributed by atoms with van der Waals surface area (Å²) in [5.41, 5.74) is 2.34. The highest BCUT2D eigenvalue weighted by molar-refractivity contribution is 14.0. The predicted molar refractivity (Wildman–Crippen MR) is 117 cm³/mol. The molecule has 2 N–H and O–H groups in total. The van der Waals surface area contributed by atoms with E-state index < -0.39 is 0 Å². The first-order valence-corrected chi connectivity index (χ1v) is 8.82.